The molecule has 3 unspecified atom stereocenters. The summed E-state index contributed by atoms with van der Waals surface area (Å²) in [6.45, 7) is 2.39. The van der Waals surface area contributed by atoms with E-state index in [1.165, 1.54) is 30.4 Å². The Kier molecular flexibility index (Phi) is 3.28. The maximum absolute atomic E-state index is 10.5. The fraction of sp³-hybridized carbons (Fsp3) is 0.684. The molecule has 4 rings (SSSR count). The molecule has 0 aliphatic heterocycles. The van der Waals surface area contributed by atoms with E-state index in [9.17, 15) is 10.2 Å². The van der Waals surface area contributed by atoms with Crippen molar-refractivity contribution in [3.63, 3.8) is 0 Å². The number of aliphatic hydroxyl groups excluding tert-OH is 1. The van der Waals surface area contributed by atoms with Gasteiger partial charge in [0.05, 0.1) is 6.10 Å². The van der Waals surface area contributed by atoms with Gasteiger partial charge in [-0.15, -0.1) is 0 Å². The van der Waals surface area contributed by atoms with Crippen molar-refractivity contribution in [1.82, 2.24) is 5.32 Å². The summed E-state index contributed by atoms with van der Waals surface area (Å²) in [7, 11) is 1.99. The molecule has 2 fully saturated rings. The van der Waals surface area contributed by atoms with E-state index in [4.69, 9.17) is 0 Å². The summed E-state index contributed by atoms with van der Waals surface area (Å²) in [5.74, 6) is 2.30. The Bertz CT molecular complexity index is 587. The summed E-state index contributed by atoms with van der Waals surface area (Å²) in [5.41, 5.74) is 3.02. The summed E-state index contributed by atoms with van der Waals surface area (Å²) in [6.07, 6.45) is 5.39. The quantitative estimate of drug-likeness (QED) is 0.747. The van der Waals surface area contributed by atoms with Crippen LogP contribution >= 0.6 is 0 Å². The number of rotatable bonds is 1. The minimum absolute atomic E-state index is 0.208. The minimum Gasteiger partial charge on any atom is -0.508 e. The molecule has 3 aliphatic rings. The predicted octanol–water partition coefficient (Wildman–Crippen LogP) is 2.81. The lowest BCUT2D eigenvalue weighted by atomic mass is 9.55. The first-order valence-corrected chi connectivity index (χ1v) is 8.71. The molecule has 6 atom stereocenters. The molecule has 3 aliphatic carbocycles. The Morgan fingerprint density at radius 2 is 2.09 bits per heavy atom. The van der Waals surface area contributed by atoms with Crippen molar-refractivity contribution in [3.8, 4) is 5.75 Å². The van der Waals surface area contributed by atoms with Crippen LogP contribution in [-0.2, 0) is 6.42 Å². The van der Waals surface area contributed by atoms with Crippen LogP contribution in [0.15, 0.2) is 18.2 Å². The first kappa shape index (κ1) is 14.5. The first-order chi connectivity index (χ1) is 10.5. The van der Waals surface area contributed by atoms with Gasteiger partial charge in [-0.3, -0.25) is 0 Å². The molecule has 3 heteroatoms. The molecule has 22 heavy (non-hydrogen) atoms. The van der Waals surface area contributed by atoms with Gasteiger partial charge in [-0.1, -0.05) is 13.0 Å². The van der Waals surface area contributed by atoms with Gasteiger partial charge in [0, 0.05) is 6.04 Å². The first-order valence-electron chi connectivity index (χ1n) is 8.71. The van der Waals surface area contributed by atoms with E-state index in [2.05, 4.69) is 18.3 Å². The number of phenolic OH excluding ortho intramolecular Hbond substituents is 1. The molecule has 0 aromatic heterocycles. The number of hydrogen-bond acceptors (Lipinski definition) is 3. The van der Waals surface area contributed by atoms with Crippen molar-refractivity contribution in [1.29, 1.82) is 0 Å². The van der Waals surface area contributed by atoms with E-state index in [0.29, 0.717) is 23.5 Å². The van der Waals surface area contributed by atoms with E-state index in [1.54, 1.807) is 0 Å². The molecule has 3 nitrogen and oxygen atoms in total. The number of hydrogen-bond donors (Lipinski definition) is 3. The van der Waals surface area contributed by atoms with E-state index < -0.39 is 0 Å². The highest BCUT2D eigenvalue weighted by Crippen LogP contribution is 2.60. The highest BCUT2D eigenvalue weighted by Gasteiger charge is 2.57. The van der Waals surface area contributed by atoms with Gasteiger partial charge in [-0.25, -0.2) is 0 Å². The van der Waals surface area contributed by atoms with Gasteiger partial charge in [0.15, 0.2) is 0 Å². The Hall–Kier alpha value is -1.06. The summed E-state index contributed by atoms with van der Waals surface area (Å²) in [4.78, 5) is 0. The van der Waals surface area contributed by atoms with Crippen LogP contribution in [0.5, 0.6) is 5.75 Å². The van der Waals surface area contributed by atoms with Crippen LogP contribution in [-0.4, -0.2) is 29.4 Å². The number of aryl methyl sites for hydroxylation is 1. The van der Waals surface area contributed by atoms with Crippen molar-refractivity contribution < 1.29 is 10.2 Å². The molecule has 0 amide bonds. The molecular formula is C19H27NO2. The minimum atomic E-state index is -0.208. The van der Waals surface area contributed by atoms with Gasteiger partial charge in [-0.05, 0) is 85.6 Å². The van der Waals surface area contributed by atoms with Crippen LogP contribution in [0.1, 0.15) is 49.7 Å². The monoisotopic (exact) mass is 301 g/mol. The smallest absolute Gasteiger partial charge is 0.115 e. The maximum atomic E-state index is 10.5. The number of aliphatic hydroxyl groups is 1. The molecule has 0 spiro atoms. The zero-order valence-electron chi connectivity index (χ0n) is 13.5. The lowest BCUT2D eigenvalue weighted by Gasteiger charge is -2.50. The standard InChI is InChI=1S/C19H27NO2/c1-19-8-7-14-13-6-4-12(21)9-11(13)3-5-15(14)16(19)10-17(22)18(19)20-2/h4,6,9,14-18,20-22H,3,5,7-8,10H2,1-2H3/t14?,15?,16?,17-,18+,19+/m1/s1. The molecular weight excluding hydrogens is 274 g/mol. The molecule has 0 heterocycles. The third-order valence-electron chi connectivity index (χ3n) is 7.05. The number of aromatic hydroxyl groups is 1. The molecule has 2 saturated carbocycles. The van der Waals surface area contributed by atoms with Crippen molar-refractivity contribution in [3.05, 3.63) is 29.3 Å². The number of likely N-dealkylation sites (N-methyl/N-ethyl adjacent to an activating group) is 1. The lowest BCUT2D eigenvalue weighted by Crippen LogP contribution is -2.49. The van der Waals surface area contributed by atoms with Crippen LogP contribution in [0.25, 0.3) is 0 Å². The summed E-state index contributed by atoms with van der Waals surface area (Å²) >= 11 is 0. The van der Waals surface area contributed by atoms with Crippen LogP contribution in [0.4, 0.5) is 0 Å². The lowest BCUT2D eigenvalue weighted by molar-refractivity contribution is 0.0382. The van der Waals surface area contributed by atoms with Gasteiger partial charge < -0.3 is 15.5 Å². The van der Waals surface area contributed by atoms with Crippen LogP contribution < -0.4 is 5.32 Å². The number of fused-ring (bicyclic) bond motifs is 5. The Morgan fingerprint density at radius 1 is 1.27 bits per heavy atom. The molecule has 0 bridgehead atoms. The fourth-order valence-electron chi connectivity index (χ4n) is 6.10. The molecule has 120 valence electrons. The summed E-state index contributed by atoms with van der Waals surface area (Å²) in [5, 5.41) is 23.6. The molecule has 1 aromatic rings. The van der Waals surface area contributed by atoms with E-state index in [-0.39, 0.29) is 17.6 Å². The number of benzene rings is 1. The maximum Gasteiger partial charge on any atom is 0.115 e. The van der Waals surface area contributed by atoms with Crippen LogP contribution in [0.3, 0.4) is 0 Å². The highest BCUT2D eigenvalue weighted by molar-refractivity contribution is 5.40. The van der Waals surface area contributed by atoms with Crippen LogP contribution in [0, 0.1) is 17.3 Å². The van der Waals surface area contributed by atoms with Gasteiger partial charge in [0.1, 0.15) is 5.75 Å². The second-order valence-electron chi connectivity index (χ2n) is 7.91. The Morgan fingerprint density at radius 3 is 2.86 bits per heavy atom. The van der Waals surface area contributed by atoms with Gasteiger partial charge in [0.2, 0.25) is 0 Å². The highest BCUT2D eigenvalue weighted by atomic mass is 16.3. The topological polar surface area (TPSA) is 52.5 Å². The van der Waals surface area contributed by atoms with Crippen molar-refractivity contribution >= 4 is 0 Å². The van der Waals surface area contributed by atoms with E-state index in [0.717, 1.165) is 12.8 Å². The van der Waals surface area contributed by atoms with Crippen molar-refractivity contribution in [2.75, 3.05) is 7.05 Å². The molecule has 0 saturated heterocycles. The zero-order chi connectivity index (χ0) is 15.5. The average molecular weight is 301 g/mol. The van der Waals surface area contributed by atoms with Crippen molar-refractivity contribution in [2.24, 2.45) is 17.3 Å². The summed E-state index contributed by atoms with van der Waals surface area (Å²) < 4.78 is 0. The van der Waals surface area contributed by atoms with Crippen LogP contribution in [0.2, 0.25) is 0 Å². The van der Waals surface area contributed by atoms with Gasteiger partial charge in [-0.2, -0.15) is 0 Å². The summed E-state index contributed by atoms with van der Waals surface area (Å²) in [6, 6.07) is 6.18. The Balaban J connectivity index is 1.69. The van der Waals surface area contributed by atoms with E-state index >= 15 is 0 Å². The predicted molar refractivity (Wildman–Crippen MR) is 87.0 cm³/mol. The third kappa shape index (κ3) is 1.88. The zero-order valence-corrected chi connectivity index (χ0v) is 13.5. The third-order valence-corrected chi connectivity index (χ3v) is 7.05. The second kappa shape index (κ2) is 4.97. The normalized spacial score (nSPS) is 43.3. The molecule has 3 N–H and O–H groups in total. The largest absolute Gasteiger partial charge is 0.508 e. The molecule has 1 aromatic carbocycles. The second-order valence-corrected chi connectivity index (χ2v) is 7.91. The van der Waals surface area contributed by atoms with E-state index in [1.807, 2.05) is 19.2 Å². The average Bonchev–Trinajstić information content (AvgIpc) is 2.76. The SMILES string of the molecule is CN[C@H]1[C@H](O)CC2C3CCc4cc(O)ccc4C3CC[C@@]21C. The van der Waals surface area contributed by atoms with Crippen molar-refractivity contribution in [2.45, 2.75) is 57.1 Å². The number of phenols is 1. The van der Waals surface area contributed by atoms with Gasteiger partial charge in [0.25, 0.3) is 0 Å². The number of nitrogens with one attached hydrogen (secondary N) is 1. The fourth-order valence-corrected chi connectivity index (χ4v) is 6.10. The van der Waals surface area contributed by atoms with Gasteiger partial charge >= 0.3 is 0 Å². The Labute approximate surface area is 132 Å². The molecule has 0 radical (unpaired) electrons.